The first-order valence-corrected chi connectivity index (χ1v) is 8.20. The molecular formula is C16H21N3OS. The predicted molar refractivity (Wildman–Crippen MR) is 83.5 cm³/mol. The summed E-state index contributed by atoms with van der Waals surface area (Å²) < 4.78 is 4.07. The van der Waals surface area contributed by atoms with E-state index in [1.54, 1.807) is 0 Å². The zero-order chi connectivity index (χ0) is 15.0. The summed E-state index contributed by atoms with van der Waals surface area (Å²) in [5.74, 6) is 0.0540. The van der Waals surface area contributed by atoms with Gasteiger partial charge >= 0.3 is 0 Å². The van der Waals surface area contributed by atoms with Gasteiger partial charge in [-0.2, -0.15) is 0 Å². The van der Waals surface area contributed by atoms with Crippen molar-refractivity contribution in [1.29, 1.82) is 0 Å². The summed E-state index contributed by atoms with van der Waals surface area (Å²) in [5.41, 5.74) is 3.11. The number of pyridine rings is 1. The van der Waals surface area contributed by atoms with Crippen LogP contribution in [0.15, 0.2) is 18.3 Å². The monoisotopic (exact) mass is 303 g/mol. The summed E-state index contributed by atoms with van der Waals surface area (Å²) in [5, 5.41) is 15.2. The zero-order valence-electron chi connectivity index (χ0n) is 12.7. The van der Waals surface area contributed by atoms with Crippen molar-refractivity contribution in [3.8, 4) is 0 Å². The summed E-state index contributed by atoms with van der Waals surface area (Å²) >= 11 is 1.31. The van der Waals surface area contributed by atoms with Gasteiger partial charge in [0.15, 0.2) is 0 Å². The molecular weight excluding hydrogens is 282 g/mol. The quantitative estimate of drug-likeness (QED) is 0.924. The van der Waals surface area contributed by atoms with Crippen LogP contribution in [0.2, 0.25) is 0 Å². The molecule has 2 unspecified atom stereocenters. The summed E-state index contributed by atoms with van der Waals surface area (Å²) in [6.07, 6.45) is 4.37. The maximum atomic E-state index is 10.9. The van der Waals surface area contributed by atoms with Gasteiger partial charge in [-0.3, -0.25) is 4.98 Å². The molecule has 2 aromatic heterocycles. The molecule has 2 atom stereocenters. The molecule has 3 rings (SSSR count). The number of aryl methyl sites for hydroxylation is 1. The molecule has 2 aromatic rings. The van der Waals surface area contributed by atoms with Crippen LogP contribution in [0.3, 0.4) is 0 Å². The van der Waals surface area contributed by atoms with E-state index in [1.165, 1.54) is 17.1 Å². The minimum absolute atomic E-state index is 0.0540. The maximum absolute atomic E-state index is 10.9. The van der Waals surface area contributed by atoms with Gasteiger partial charge in [-0.1, -0.05) is 31.3 Å². The van der Waals surface area contributed by atoms with Crippen molar-refractivity contribution in [2.24, 2.45) is 0 Å². The number of rotatable bonds is 2. The van der Waals surface area contributed by atoms with Gasteiger partial charge in [0.05, 0.1) is 10.6 Å². The minimum atomic E-state index is -0.562. The minimum Gasteiger partial charge on any atom is -0.387 e. The zero-order valence-corrected chi connectivity index (χ0v) is 13.5. The van der Waals surface area contributed by atoms with Gasteiger partial charge in [-0.15, -0.1) is 5.10 Å². The SMILES string of the molecule is CC(C)(C)c1nnsc1C(O)C1CCCc2cccnc21. The Morgan fingerprint density at radius 1 is 1.38 bits per heavy atom. The lowest BCUT2D eigenvalue weighted by atomic mass is 9.81. The molecule has 0 spiro atoms. The van der Waals surface area contributed by atoms with Crippen LogP contribution < -0.4 is 0 Å². The third-order valence-electron chi connectivity index (χ3n) is 4.11. The third-order valence-corrected chi connectivity index (χ3v) is 4.91. The second-order valence-corrected chi connectivity index (χ2v) is 7.51. The molecule has 0 bridgehead atoms. The molecule has 1 aliphatic rings. The molecule has 0 saturated carbocycles. The molecule has 5 heteroatoms. The maximum Gasteiger partial charge on any atom is 0.100 e. The Bertz CT molecular complexity index is 632. The first-order chi connectivity index (χ1) is 9.98. The van der Waals surface area contributed by atoms with Crippen molar-refractivity contribution in [1.82, 2.24) is 14.6 Å². The lowest BCUT2D eigenvalue weighted by Crippen LogP contribution is -2.21. The summed E-state index contributed by atoms with van der Waals surface area (Å²) in [4.78, 5) is 5.42. The second kappa shape index (κ2) is 5.46. The van der Waals surface area contributed by atoms with Crippen molar-refractivity contribution < 1.29 is 5.11 Å². The highest BCUT2D eigenvalue weighted by atomic mass is 32.1. The van der Waals surface area contributed by atoms with E-state index in [-0.39, 0.29) is 11.3 Å². The van der Waals surface area contributed by atoms with Crippen molar-refractivity contribution in [3.05, 3.63) is 40.2 Å². The van der Waals surface area contributed by atoms with E-state index in [0.29, 0.717) is 0 Å². The van der Waals surface area contributed by atoms with Gasteiger partial charge in [0, 0.05) is 23.2 Å². The van der Waals surface area contributed by atoms with Gasteiger partial charge in [0.2, 0.25) is 0 Å². The van der Waals surface area contributed by atoms with Crippen LogP contribution >= 0.6 is 11.5 Å². The smallest absolute Gasteiger partial charge is 0.100 e. The van der Waals surface area contributed by atoms with E-state index in [1.807, 2.05) is 12.3 Å². The van der Waals surface area contributed by atoms with Crippen LogP contribution in [0.5, 0.6) is 0 Å². The highest BCUT2D eigenvalue weighted by Crippen LogP contribution is 2.42. The molecule has 112 valence electrons. The molecule has 1 aliphatic carbocycles. The number of aliphatic hydroxyl groups is 1. The Hall–Kier alpha value is -1.33. The molecule has 1 N–H and O–H groups in total. The summed E-state index contributed by atoms with van der Waals surface area (Å²) in [6, 6.07) is 4.10. The molecule has 21 heavy (non-hydrogen) atoms. The predicted octanol–water partition coefficient (Wildman–Crippen LogP) is 3.38. The van der Waals surface area contributed by atoms with E-state index in [9.17, 15) is 5.11 Å². The van der Waals surface area contributed by atoms with E-state index in [0.717, 1.165) is 35.5 Å². The molecule has 4 nitrogen and oxygen atoms in total. The van der Waals surface area contributed by atoms with Crippen LogP contribution in [-0.4, -0.2) is 19.7 Å². The fraction of sp³-hybridized carbons (Fsp3) is 0.562. The van der Waals surface area contributed by atoms with Crippen LogP contribution in [-0.2, 0) is 11.8 Å². The van der Waals surface area contributed by atoms with E-state index in [2.05, 4.69) is 41.4 Å². The number of aromatic nitrogens is 3. The third kappa shape index (κ3) is 2.72. The number of hydrogen-bond acceptors (Lipinski definition) is 5. The van der Waals surface area contributed by atoms with E-state index < -0.39 is 6.10 Å². The van der Waals surface area contributed by atoms with Crippen molar-refractivity contribution in [2.45, 2.75) is 57.5 Å². The van der Waals surface area contributed by atoms with Crippen molar-refractivity contribution in [2.75, 3.05) is 0 Å². The highest BCUT2D eigenvalue weighted by Gasteiger charge is 2.34. The van der Waals surface area contributed by atoms with Gasteiger partial charge in [-0.05, 0) is 42.4 Å². The van der Waals surface area contributed by atoms with Crippen LogP contribution in [0, 0.1) is 0 Å². The van der Waals surface area contributed by atoms with Gasteiger partial charge in [0.25, 0.3) is 0 Å². The molecule has 0 aliphatic heterocycles. The van der Waals surface area contributed by atoms with E-state index >= 15 is 0 Å². The van der Waals surface area contributed by atoms with Crippen molar-refractivity contribution >= 4 is 11.5 Å². The average Bonchev–Trinajstić information content (AvgIpc) is 2.95. The first-order valence-electron chi connectivity index (χ1n) is 7.43. The Balaban J connectivity index is 1.97. The topological polar surface area (TPSA) is 58.9 Å². The van der Waals surface area contributed by atoms with Gasteiger partial charge < -0.3 is 5.11 Å². The van der Waals surface area contributed by atoms with Crippen LogP contribution in [0.1, 0.15) is 67.5 Å². The molecule has 0 fully saturated rings. The Labute approximate surface area is 129 Å². The largest absolute Gasteiger partial charge is 0.387 e. The Morgan fingerprint density at radius 2 is 2.19 bits per heavy atom. The standard InChI is InChI=1S/C16H21N3OS/c1-16(2,3)15-14(21-19-18-15)13(20)11-8-4-6-10-7-5-9-17-12(10)11/h5,7,9,11,13,20H,4,6,8H2,1-3H3. The first kappa shape index (κ1) is 14.6. The van der Waals surface area contributed by atoms with Crippen molar-refractivity contribution in [3.63, 3.8) is 0 Å². The number of fused-ring (bicyclic) bond motifs is 1. The number of aliphatic hydroxyl groups excluding tert-OH is 1. The highest BCUT2D eigenvalue weighted by molar-refractivity contribution is 7.05. The molecule has 0 radical (unpaired) electrons. The summed E-state index contributed by atoms with van der Waals surface area (Å²) in [6.45, 7) is 6.31. The fourth-order valence-electron chi connectivity index (χ4n) is 3.05. The normalized spacial score (nSPS) is 20.1. The van der Waals surface area contributed by atoms with Gasteiger partial charge in [0.1, 0.15) is 6.10 Å². The molecule has 0 aromatic carbocycles. The second-order valence-electron chi connectivity index (χ2n) is 6.73. The average molecular weight is 303 g/mol. The molecule has 0 amide bonds. The van der Waals surface area contributed by atoms with Gasteiger partial charge in [-0.25, -0.2) is 0 Å². The molecule has 2 heterocycles. The lowest BCUT2D eigenvalue weighted by Gasteiger charge is -2.29. The number of hydrogen-bond donors (Lipinski definition) is 1. The van der Waals surface area contributed by atoms with E-state index in [4.69, 9.17) is 0 Å². The van der Waals surface area contributed by atoms with Crippen LogP contribution in [0.4, 0.5) is 0 Å². The molecule has 0 saturated heterocycles. The summed E-state index contributed by atoms with van der Waals surface area (Å²) in [7, 11) is 0. The Morgan fingerprint density at radius 3 is 2.95 bits per heavy atom. The van der Waals surface area contributed by atoms with Crippen LogP contribution in [0.25, 0.3) is 0 Å². The fourth-order valence-corrected chi connectivity index (χ4v) is 3.96. The Kier molecular flexibility index (Phi) is 3.80. The lowest BCUT2D eigenvalue weighted by molar-refractivity contribution is 0.135. The number of nitrogens with zero attached hydrogens (tertiary/aromatic N) is 3.